The molecule has 2 N–H and O–H groups in total. The molecule has 3 heterocycles. The fourth-order valence-electron chi connectivity index (χ4n) is 3.34. The maximum atomic E-state index is 12.7. The molecule has 8 nitrogen and oxygen atoms in total. The van der Waals surface area contributed by atoms with E-state index in [-0.39, 0.29) is 18.0 Å². The highest BCUT2D eigenvalue weighted by Crippen LogP contribution is 2.29. The SMILES string of the molecule is O=C1CCN1c1ccc(NC(=O)N2CCCC[C@H]2c2ncn[nH]2)cc1. The van der Waals surface area contributed by atoms with Crippen LogP contribution in [0.3, 0.4) is 0 Å². The fourth-order valence-corrected chi connectivity index (χ4v) is 3.34. The van der Waals surface area contributed by atoms with Crippen molar-refractivity contribution in [3.8, 4) is 0 Å². The quantitative estimate of drug-likeness (QED) is 0.838. The molecule has 2 fully saturated rings. The van der Waals surface area contributed by atoms with E-state index >= 15 is 0 Å². The predicted octanol–water partition coefficient (Wildman–Crippen LogP) is 2.30. The van der Waals surface area contributed by atoms with Crippen molar-refractivity contribution in [2.75, 3.05) is 23.3 Å². The molecule has 2 saturated heterocycles. The highest BCUT2D eigenvalue weighted by molar-refractivity contribution is 5.99. The van der Waals surface area contributed by atoms with Crippen LogP contribution in [0.4, 0.5) is 16.2 Å². The molecule has 1 aromatic heterocycles. The van der Waals surface area contributed by atoms with Crippen LogP contribution in [0.5, 0.6) is 0 Å². The second kappa shape index (κ2) is 6.54. The molecule has 1 aromatic carbocycles. The van der Waals surface area contributed by atoms with E-state index in [0.29, 0.717) is 18.7 Å². The summed E-state index contributed by atoms with van der Waals surface area (Å²) in [7, 11) is 0. The van der Waals surface area contributed by atoms with Crippen molar-refractivity contribution in [1.82, 2.24) is 20.1 Å². The number of urea groups is 1. The summed E-state index contributed by atoms with van der Waals surface area (Å²) in [5.74, 6) is 0.862. The second-order valence-corrected chi connectivity index (χ2v) is 6.35. The van der Waals surface area contributed by atoms with Gasteiger partial charge in [0, 0.05) is 30.9 Å². The molecule has 0 saturated carbocycles. The number of aromatic amines is 1. The number of nitrogens with one attached hydrogen (secondary N) is 2. The van der Waals surface area contributed by atoms with E-state index < -0.39 is 0 Å². The fraction of sp³-hybridized carbons (Fsp3) is 0.412. The number of carbonyl (C=O) groups is 2. The van der Waals surface area contributed by atoms with Gasteiger partial charge < -0.3 is 15.1 Å². The van der Waals surface area contributed by atoms with E-state index in [0.717, 1.165) is 37.3 Å². The highest BCUT2D eigenvalue weighted by atomic mass is 16.2. The lowest BCUT2D eigenvalue weighted by atomic mass is 10.0. The molecule has 8 heteroatoms. The zero-order chi connectivity index (χ0) is 17.2. The summed E-state index contributed by atoms with van der Waals surface area (Å²) < 4.78 is 0. The van der Waals surface area contributed by atoms with Gasteiger partial charge in [-0.25, -0.2) is 9.78 Å². The number of rotatable bonds is 3. The molecule has 0 spiro atoms. The first-order chi connectivity index (χ1) is 12.2. The molecular weight excluding hydrogens is 320 g/mol. The average Bonchev–Trinajstić information content (AvgIpc) is 3.16. The third kappa shape index (κ3) is 3.07. The van der Waals surface area contributed by atoms with Crippen LogP contribution in [0.1, 0.15) is 37.5 Å². The van der Waals surface area contributed by atoms with Crippen molar-refractivity contribution >= 4 is 23.3 Å². The van der Waals surface area contributed by atoms with Crippen molar-refractivity contribution in [3.63, 3.8) is 0 Å². The number of nitrogens with zero attached hydrogens (tertiary/aromatic N) is 4. The largest absolute Gasteiger partial charge is 0.322 e. The van der Waals surface area contributed by atoms with Crippen molar-refractivity contribution in [3.05, 3.63) is 36.4 Å². The van der Waals surface area contributed by atoms with Crippen LogP contribution < -0.4 is 10.2 Å². The maximum Gasteiger partial charge on any atom is 0.322 e. The third-order valence-corrected chi connectivity index (χ3v) is 4.79. The Balaban J connectivity index is 1.44. The van der Waals surface area contributed by atoms with Crippen LogP contribution in [-0.2, 0) is 4.79 Å². The lowest BCUT2D eigenvalue weighted by Gasteiger charge is -2.34. The number of aromatic nitrogens is 3. The molecule has 0 unspecified atom stereocenters. The number of carbonyl (C=O) groups excluding carboxylic acids is 2. The van der Waals surface area contributed by atoms with Crippen molar-refractivity contribution in [1.29, 1.82) is 0 Å². The second-order valence-electron chi connectivity index (χ2n) is 6.35. The number of H-pyrrole nitrogens is 1. The highest BCUT2D eigenvalue weighted by Gasteiger charge is 2.30. The minimum Gasteiger partial charge on any atom is -0.314 e. The van der Waals surface area contributed by atoms with E-state index in [4.69, 9.17) is 0 Å². The van der Waals surface area contributed by atoms with Gasteiger partial charge in [0.25, 0.3) is 0 Å². The number of anilines is 2. The number of benzene rings is 1. The monoisotopic (exact) mass is 340 g/mol. The Hall–Kier alpha value is -2.90. The molecule has 25 heavy (non-hydrogen) atoms. The first kappa shape index (κ1) is 15.6. The van der Waals surface area contributed by atoms with Crippen LogP contribution in [0.2, 0.25) is 0 Å². The molecule has 0 aliphatic carbocycles. The third-order valence-electron chi connectivity index (χ3n) is 4.79. The van der Waals surface area contributed by atoms with Gasteiger partial charge in [0.05, 0.1) is 6.04 Å². The van der Waals surface area contributed by atoms with Crippen molar-refractivity contribution in [2.45, 2.75) is 31.7 Å². The topological polar surface area (TPSA) is 94.2 Å². The Bertz CT molecular complexity index is 758. The Kier molecular flexibility index (Phi) is 4.09. The molecule has 0 radical (unpaired) electrons. The van der Waals surface area contributed by atoms with Crippen LogP contribution in [0, 0.1) is 0 Å². The number of piperidine rings is 1. The van der Waals surface area contributed by atoms with Gasteiger partial charge >= 0.3 is 6.03 Å². The van der Waals surface area contributed by atoms with Gasteiger partial charge in [-0.05, 0) is 43.5 Å². The van der Waals surface area contributed by atoms with E-state index in [2.05, 4.69) is 20.5 Å². The Morgan fingerprint density at radius 1 is 1.20 bits per heavy atom. The summed E-state index contributed by atoms with van der Waals surface area (Å²) in [5, 5.41) is 9.71. The van der Waals surface area contributed by atoms with Crippen LogP contribution in [-0.4, -0.2) is 45.1 Å². The average molecular weight is 340 g/mol. The number of hydrogen-bond acceptors (Lipinski definition) is 4. The number of amides is 3. The van der Waals surface area contributed by atoms with E-state index in [9.17, 15) is 9.59 Å². The van der Waals surface area contributed by atoms with Gasteiger partial charge in [0.1, 0.15) is 12.2 Å². The number of likely N-dealkylation sites (tertiary alicyclic amines) is 1. The predicted molar refractivity (Wildman–Crippen MR) is 92.1 cm³/mol. The summed E-state index contributed by atoms with van der Waals surface area (Å²) in [6.45, 7) is 1.45. The summed E-state index contributed by atoms with van der Waals surface area (Å²) >= 11 is 0. The Labute approximate surface area is 145 Å². The molecule has 2 aromatic rings. The minimum absolute atomic E-state index is 0.0748. The van der Waals surface area contributed by atoms with E-state index in [1.165, 1.54) is 6.33 Å². The lowest BCUT2D eigenvalue weighted by molar-refractivity contribution is -0.122. The summed E-state index contributed by atoms with van der Waals surface area (Å²) in [6, 6.07) is 7.15. The number of β-lactam (4-membered cyclic amide) rings is 1. The zero-order valence-corrected chi connectivity index (χ0v) is 13.8. The van der Waals surface area contributed by atoms with Crippen LogP contribution >= 0.6 is 0 Å². The van der Waals surface area contributed by atoms with Crippen molar-refractivity contribution in [2.24, 2.45) is 0 Å². The zero-order valence-electron chi connectivity index (χ0n) is 13.8. The van der Waals surface area contributed by atoms with Gasteiger partial charge in [-0.15, -0.1) is 0 Å². The lowest BCUT2D eigenvalue weighted by Crippen LogP contribution is -2.43. The van der Waals surface area contributed by atoms with E-state index in [1.54, 1.807) is 9.80 Å². The number of hydrogen-bond donors (Lipinski definition) is 2. The Morgan fingerprint density at radius 3 is 2.68 bits per heavy atom. The van der Waals surface area contributed by atoms with Crippen molar-refractivity contribution < 1.29 is 9.59 Å². The van der Waals surface area contributed by atoms with Gasteiger partial charge in [0.2, 0.25) is 5.91 Å². The summed E-state index contributed by atoms with van der Waals surface area (Å²) in [6.07, 6.45) is 4.99. The van der Waals surface area contributed by atoms with Gasteiger partial charge in [-0.2, -0.15) is 5.10 Å². The smallest absolute Gasteiger partial charge is 0.314 e. The Morgan fingerprint density at radius 2 is 2.04 bits per heavy atom. The summed E-state index contributed by atoms with van der Waals surface area (Å²) in [4.78, 5) is 31.9. The molecular formula is C17H20N6O2. The first-order valence-electron chi connectivity index (χ1n) is 8.56. The molecule has 2 aliphatic rings. The molecule has 2 aliphatic heterocycles. The minimum atomic E-state index is -0.145. The standard InChI is InChI=1S/C17H20N6O2/c24-15-8-10-22(15)13-6-4-12(5-7-13)20-17(25)23-9-2-1-3-14(23)16-18-11-19-21-16/h4-7,11,14H,1-3,8-10H2,(H,20,25)(H,18,19,21)/t14-/m0/s1. The molecule has 1 atom stereocenters. The molecule has 3 amide bonds. The maximum absolute atomic E-state index is 12.7. The van der Waals surface area contributed by atoms with Crippen LogP contribution in [0.25, 0.3) is 0 Å². The van der Waals surface area contributed by atoms with Gasteiger partial charge in [-0.3, -0.25) is 9.89 Å². The molecule has 0 bridgehead atoms. The van der Waals surface area contributed by atoms with E-state index in [1.807, 2.05) is 24.3 Å². The van der Waals surface area contributed by atoms with Crippen LogP contribution in [0.15, 0.2) is 30.6 Å². The van der Waals surface area contributed by atoms with Gasteiger partial charge in [-0.1, -0.05) is 0 Å². The summed E-state index contributed by atoms with van der Waals surface area (Å²) in [5.41, 5.74) is 1.58. The molecule has 4 rings (SSSR count). The normalized spacial score (nSPS) is 20.3. The van der Waals surface area contributed by atoms with Gasteiger partial charge in [0.15, 0.2) is 0 Å². The first-order valence-corrected chi connectivity index (χ1v) is 8.56. The molecule has 130 valence electrons.